The fourth-order valence-electron chi connectivity index (χ4n) is 5.98. The van der Waals surface area contributed by atoms with E-state index in [-0.39, 0.29) is 6.10 Å². The number of para-hydroxylation sites is 1. The molecule has 204 valence electrons. The Morgan fingerprint density at radius 3 is 2.65 bits per heavy atom. The van der Waals surface area contributed by atoms with E-state index in [2.05, 4.69) is 36.4 Å². The highest BCUT2D eigenvalue weighted by Gasteiger charge is 2.41. The third kappa shape index (κ3) is 4.47. The van der Waals surface area contributed by atoms with Crippen LogP contribution in [0.4, 0.5) is 5.69 Å². The average molecular weight is 537 g/mol. The minimum Gasteiger partial charge on any atom is -0.444 e. The number of aryl methyl sites for hydroxylation is 1. The van der Waals surface area contributed by atoms with Crippen LogP contribution in [0.3, 0.4) is 0 Å². The number of nitrogens with zero attached hydrogens (tertiary/aromatic N) is 6. The maximum absolute atomic E-state index is 7.35. The number of hydrogen-bond acceptors (Lipinski definition) is 7. The second kappa shape index (κ2) is 9.88. The van der Waals surface area contributed by atoms with Gasteiger partial charge < -0.3 is 18.8 Å². The van der Waals surface area contributed by atoms with E-state index < -0.39 is 5.79 Å². The fraction of sp³-hybridized carbons (Fsp3) is 0.419. The normalized spacial score (nSPS) is 22.8. The SMILES string of the molecule is [C-]#[N+]c1cnc2c(c1)nc(CN1CCC(c3cccc4c3OC(C)(c3ccc(C)nc3)O4)CC1)n2C[C@@H]1CCO1. The molecule has 3 aliphatic rings. The van der Waals surface area contributed by atoms with Crippen molar-refractivity contribution in [2.45, 2.75) is 64.0 Å². The number of hydrogen-bond donors (Lipinski definition) is 0. The first-order valence-corrected chi connectivity index (χ1v) is 14.0. The number of rotatable bonds is 6. The molecule has 2 fully saturated rings. The molecule has 9 heteroatoms. The summed E-state index contributed by atoms with van der Waals surface area (Å²) in [6, 6.07) is 12.1. The van der Waals surface area contributed by atoms with Crippen LogP contribution >= 0.6 is 0 Å². The number of likely N-dealkylation sites (tertiary alicyclic amines) is 1. The molecule has 0 aliphatic carbocycles. The molecular formula is C31H32N6O3. The van der Waals surface area contributed by atoms with Gasteiger partial charge in [0.25, 0.3) is 5.79 Å². The van der Waals surface area contributed by atoms with Gasteiger partial charge in [-0.15, -0.1) is 0 Å². The van der Waals surface area contributed by atoms with Crippen LogP contribution in [0.5, 0.6) is 11.5 Å². The summed E-state index contributed by atoms with van der Waals surface area (Å²) in [6.07, 6.45) is 6.77. The fourth-order valence-corrected chi connectivity index (χ4v) is 5.98. The molecule has 1 aromatic carbocycles. The van der Waals surface area contributed by atoms with E-state index in [1.165, 1.54) is 5.56 Å². The van der Waals surface area contributed by atoms with E-state index in [0.717, 1.165) is 91.8 Å². The molecule has 4 aromatic rings. The summed E-state index contributed by atoms with van der Waals surface area (Å²) in [5.41, 5.74) is 5.21. The third-order valence-corrected chi connectivity index (χ3v) is 8.40. The first-order chi connectivity index (χ1) is 19.5. The van der Waals surface area contributed by atoms with Crippen LogP contribution < -0.4 is 9.47 Å². The second-order valence-corrected chi connectivity index (χ2v) is 11.1. The average Bonchev–Trinajstić information content (AvgIpc) is 3.47. The molecule has 9 nitrogen and oxygen atoms in total. The van der Waals surface area contributed by atoms with E-state index in [1.54, 1.807) is 6.20 Å². The summed E-state index contributed by atoms with van der Waals surface area (Å²) in [7, 11) is 0. The van der Waals surface area contributed by atoms with Gasteiger partial charge in [0.15, 0.2) is 17.1 Å². The zero-order valence-corrected chi connectivity index (χ0v) is 22.8. The Morgan fingerprint density at radius 2 is 1.93 bits per heavy atom. The number of aromatic nitrogens is 4. The zero-order valence-electron chi connectivity index (χ0n) is 22.8. The molecule has 3 aliphatic heterocycles. The van der Waals surface area contributed by atoms with Crippen LogP contribution in [-0.4, -0.2) is 50.2 Å². The van der Waals surface area contributed by atoms with Crippen LogP contribution in [0.25, 0.3) is 16.0 Å². The minimum atomic E-state index is -0.885. The molecule has 0 bridgehead atoms. The van der Waals surface area contributed by atoms with Crippen molar-refractivity contribution in [1.29, 1.82) is 0 Å². The molecule has 40 heavy (non-hydrogen) atoms. The van der Waals surface area contributed by atoms with Gasteiger partial charge in [-0.2, -0.15) is 0 Å². The highest BCUT2D eigenvalue weighted by molar-refractivity contribution is 5.76. The first-order valence-electron chi connectivity index (χ1n) is 14.0. The molecule has 0 radical (unpaired) electrons. The minimum absolute atomic E-state index is 0.202. The summed E-state index contributed by atoms with van der Waals surface area (Å²) in [6.45, 7) is 15.5. The molecular weight excluding hydrogens is 504 g/mol. The van der Waals surface area contributed by atoms with E-state index in [4.69, 9.17) is 25.8 Å². The van der Waals surface area contributed by atoms with Gasteiger partial charge in [0.1, 0.15) is 5.82 Å². The van der Waals surface area contributed by atoms with Crippen molar-refractivity contribution in [1.82, 2.24) is 24.4 Å². The summed E-state index contributed by atoms with van der Waals surface area (Å²) < 4.78 is 20.8. The van der Waals surface area contributed by atoms with Gasteiger partial charge in [0, 0.05) is 37.2 Å². The van der Waals surface area contributed by atoms with Crippen LogP contribution in [0, 0.1) is 13.5 Å². The van der Waals surface area contributed by atoms with Gasteiger partial charge in [0.05, 0.1) is 36.8 Å². The Kier molecular flexibility index (Phi) is 6.17. The number of imidazole rings is 1. The predicted octanol–water partition coefficient (Wildman–Crippen LogP) is 5.50. The van der Waals surface area contributed by atoms with Gasteiger partial charge in [-0.1, -0.05) is 12.1 Å². The van der Waals surface area contributed by atoms with Crippen LogP contribution in [0.1, 0.15) is 54.7 Å². The van der Waals surface area contributed by atoms with E-state index in [0.29, 0.717) is 11.6 Å². The monoisotopic (exact) mass is 536 g/mol. The van der Waals surface area contributed by atoms with E-state index in [9.17, 15) is 0 Å². The maximum Gasteiger partial charge on any atom is 0.277 e. The third-order valence-electron chi connectivity index (χ3n) is 8.40. The number of pyridine rings is 2. The Balaban J connectivity index is 1.07. The van der Waals surface area contributed by atoms with Gasteiger partial charge in [0.2, 0.25) is 5.69 Å². The number of fused-ring (bicyclic) bond motifs is 2. The smallest absolute Gasteiger partial charge is 0.277 e. The summed E-state index contributed by atoms with van der Waals surface area (Å²) in [5, 5.41) is 0. The molecule has 0 spiro atoms. The molecule has 0 saturated carbocycles. The lowest BCUT2D eigenvalue weighted by Gasteiger charge is -2.33. The van der Waals surface area contributed by atoms with Crippen molar-refractivity contribution in [2.24, 2.45) is 0 Å². The van der Waals surface area contributed by atoms with Crippen molar-refractivity contribution in [2.75, 3.05) is 19.7 Å². The molecule has 0 amide bonds. The van der Waals surface area contributed by atoms with Gasteiger partial charge in [-0.25, -0.2) is 14.8 Å². The lowest BCUT2D eigenvalue weighted by molar-refractivity contribution is -0.0688. The predicted molar refractivity (Wildman–Crippen MR) is 149 cm³/mol. The molecule has 2 saturated heterocycles. The molecule has 7 rings (SSSR count). The summed E-state index contributed by atoms with van der Waals surface area (Å²) >= 11 is 0. The second-order valence-electron chi connectivity index (χ2n) is 11.1. The largest absolute Gasteiger partial charge is 0.444 e. The zero-order chi connectivity index (χ0) is 27.3. The molecule has 6 heterocycles. The first kappa shape index (κ1) is 25.0. The van der Waals surface area contributed by atoms with Crippen LogP contribution in [-0.2, 0) is 23.6 Å². The number of benzene rings is 1. The van der Waals surface area contributed by atoms with Crippen molar-refractivity contribution >= 4 is 16.9 Å². The van der Waals surface area contributed by atoms with E-state index in [1.807, 2.05) is 44.3 Å². The summed E-state index contributed by atoms with van der Waals surface area (Å²) in [4.78, 5) is 19.9. The van der Waals surface area contributed by atoms with Gasteiger partial charge in [-0.3, -0.25) is 9.88 Å². The van der Waals surface area contributed by atoms with Crippen LogP contribution in [0.15, 0.2) is 48.8 Å². The van der Waals surface area contributed by atoms with Crippen molar-refractivity contribution in [3.63, 3.8) is 0 Å². The summed E-state index contributed by atoms with van der Waals surface area (Å²) in [5.74, 6) is 2.13. The lowest BCUT2D eigenvalue weighted by Crippen LogP contribution is -2.35. The number of ether oxygens (including phenoxy) is 3. The van der Waals surface area contributed by atoms with Gasteiger partial charge in [-0.05, 0) is 69.5 Å². The van der Waals surface area contributed by atoms with Gasteiger partial charge >= 0.3 is 0 Å². The highest BCUT2D eigenvalue weighted by atomic mass is 16.7. The molecule has 3 aromatic heterocycles. The van der Waals surface area contributed by atoms with Crippen molar-refractivity contribution in [3.05, 3.63) is 82.9 Å². The standard InChI is InChI=1S/C31H32N6O3/c1-20-7-8-22(16-33-20)31(2)39-27-6-4-5-25(29(27)40-31)21-9-12-36(13-10-21)19-28-35-26-15-23(32-3)17-34-30(26)37(28)18-24-11-14-38-24/h4-8,15-17,21,24H,9-14,18-19H2,1-2H3/t24-,31?/m0/s1. The Labute approximate surface area is 233 Å². The lowest BCUT2D eigenvalue weighted by atomic mass is 9.88. The Morgan fingerprint density at radius 1 is 1.07 bits per heavy atom. The van der Waals surface area contributed by atoms with Crippen molar-refractivity contribution < 1.29 is 14.2 Å². The Hall–Kier alpha value is -4.00. The molecule has 0 N–H and O–H groups in total. The molecule has 1 unspecified atom stereocenters. The quantitative estimate of drug-likeness (QED) is 0.301. The highest BCUT2D eigenvalue weighted by Crippen LogP contribution is 2.49. The molecule has 2 atom stereocenters. The van der Waals surface area contributed by atoms with E-state index >= 15 is 0 Å². The van der Waals surface area contributed by atoms with Crippen LogP contribution in [0.2, 0.25) is 0 Å². The number of piperidine rings is 1. The topological polar surface area (TPSA) is 78.9 Å². The van der Waals surface area contributed by atoms with Crippen molar-refractivity contribution in [3.8, 4) is 11.5 Å². The maximum atomic E-state index is 7.35. The Bertz CT molecular complexity index is 1600.